The molecule has 0 atom stereocenters. The monoisotopic (exact) mass is 766 g/mol. The van der Waals surface area contributed by atoms with Crippen LogP contribution in [0.15, 0.2) is 146 Å². The van der Waals surface area contributed by atoms with Crippen LogP contribution in [0.3, 0.4) is 0 Å². The van der Waals surface area contributed by atoms with Crippen molar-refractivity contribution >= 4 is 5.69 Å². The Bertz CT molecular complexity index is 1690. The van der Waals surface area contributed by atoms with Gasteiger partial charge in [0.1, 0.15) is 0 Å². The molecule has 2 heterocycles. The molecule has 2 N–H and O–H groups in total. The first kappa shape index (κ1) is 45.5. The Morgan fingerprint density at radius 3 is 1.08 bits per heavy atom. The number of benzene rings is 4. The maximum absolute atomic E-state index is 7.61. The number of pyridine rings is 2. The second-order valence-electron chi connectivity index (χ2n) is 13.4. The van der Waals surface area contributed by atoms with E-state index in [2.05, 4.69) is 89.7 Å². The van der Waals surface area contributed by atoms with Crippen molar-refractivity contribution in [2.75, 3.05) is 5.32 Å². The van der Waals surface area contributed by atoms with Crippen LogP contribution in [-0.4, -0.2) is 9.97 Å². The van der Waals surface area contributed by atoms with Gasteiger partial charge in [0.05, 0.1) is 11.2 Å². The van der Waals surface area contributed by atoms with Gasteiger partial charge in [-0.15, -0.1) is 36.4 Å². The molecule has 0 spiro atoms. The zero-order chi connectivity index (χ0) is 37.9. The zero-order valence-corrected chi connectivity index (χ0v) is 34.8. The van der Waals surface area contributed by atoms with Crippen LogP contribution in [0.2, 0.25) is 0 Å². The molecule has 0 saturated heterocycles. The number of anilines is 1. The van der Waals surface area contributed by atoms with E-state index >= 15 is 0 Å². The van der Waals surface area contributed by atoms with Gasteiger partial charge in [-0.05, 0) is 88.1 Å². The maximum atomic E-state index is 7.61. The Kier molecular flexibility index (Phi) is 20.2. The number of hydrogen-bond acceptors (Lipinski definition) is 3. The third-order valence-electron chi connectivity index (χ3n) is 7.94. The van der Waals surface area contributed by atoms with Crippen LogP contribution in [0.25, 0.3) is 5.73 Å². The van der Waals surface area contributed by atoms with E-state index in [0.717, 1.165) is 28.1 Å². The molecule has 4 aromatic carbocycles. The molecule has 6 rings (SSSR count). The fraction of sp³-hybridized carbons (Fsp3) is 0.213. The summed E-state index contributed by atoms with van der Waals surface area (Å²) in [6.07, 6.45) is 3.56. The van der Waals surface area contributed by atoms with Gasteiger partial charge < -0.3 is 11.1 Å². The normalized spacial score (nSPS) is 10.1. The third-order valence-corrected chi connectivity index (χ3v) is 7.94. The smallest absolute Gasteiger partial charge is 0.667 e. The van der Waals surface area contributed by atoms with Gasteiger partial charge in [0.25, 0.3) is 0 Å². The minimum atomic E-state index is -0.568. The molecule has 0 aliphatic rings. The first-order valence-electron chi connectivity index (χ1n) is 17.2. The van der Waals surface area contributed by atoms with E-state index in [4.69, 9.17) is 5.73 Å². The number of nitrogens with one attached hydrogen (secondary N) is 2. The molecule has 6 aromatic rings. The largest absolute Gasteiger partial charge is 4.00 e. The predicted molar refractivity (Wildman–Crippen MR) is 221 cm³/mol. The van der Waals surface area contributed by atoms with E-state index < -0.39 is 5.54 Å². The topological polar surface area (TPSA) is 61.6 Å². The SMILES string of the molecule is CC(C)([NH-])c1ccccn1.Cc1cc(C)c(C)c(NC(C)(C)c2ccccn2)c1C.[CH2-]c1ccccc1.[CH2-]c1ccccc1.[CH2-]c1ccccc1.[Zr+4]. The Morgan fingerprint density at radius 1 is 0.500 bits per heavy atom. The molecule has 0 fully saturated rings. The predicted octanol–water partition coefficient (Wildman–Crippen LogP) is 12.6. The molecule has 52 heavy (non-hydrogen) atoms. The summed E-state index contributed by atoms with van der Waals surface area (Å²) in [5, 5.41) is 3.69. The van der Waals surface area contributed by atoms with Crippen LogP contribution >= 0.6 is 0 Å². The quantitative estimate of drug-likeness (QED) is 0.182. The Labute approximate surface area is 334 Å². The van der Waals surface area contributed by atoms with Crippen molar-refractivity contribution in [2.45, 2.75) is 66.5 Å². The summed E-state index contributed by atoms with van der Waals surface area (Å²) in [6.45, 7) is 27.9. The number of aryl methyl sites for hydroxylation is 2. The summed E-state index contributed by atoms with van der Waals surface area (Å²) in [5.41, 5.74) is 18.4. The van der Waals surface area contributed by atoms with Gasteiger partial charge in [-0.1, -0.05) is 55.8 Å². The van der Waals surface area contributed by atoms with Crippen LogP contribution in [0.5, 0.6) is 0 Å². The standard InChI is InChI=1S/C18H24N2.C8H11N2.3C7H7.Zr/c1-12-11-13(2)15(4)17(14(12)3)20-18(5,6)16-9-7-8-10-19-16;1-8(2,9)7-5-3-4-6-10-7;3*1-7-5-3-2-4-6-7;/h7-11,20H,1-6H3;3-6,9H,1-2H3;3*2-6H,1H2;/q;4*-1;+4. The molecule has 0 amide bonds. The van der Waals surface area contributed by atoms with Crippen LogP contribution in [0.4, 0.5) is 5.69 Å². The van der Waals surface area contributed by atoms with Gasteiger partial charge >= 0.3 is 26.2 Å². The number of aromatic nitrogens is 2. The molecule has 0 saturated carbocycles. The van der Waals surface area contributed by atoms with Crippen LogP contribution in [-0.2, 0) is 37.3 Å². The van der Waals surface area contributed by atoms with Crippen molar-refractivity contribution in [3.8, 4) is 0 Å². The van der Waals surface area contributed by atoms with Crippen molar-refractivity contribution in [3.63, 3.8) is 0 Å². The van der Waals surface area contributed by atoms with E-state index in [1.165, 1.54) is 27.9 Å². The van der Waals surface area contributed by atoms with Gasteiger partial charge in [0, 0.05) is 23.8 Å². The molecule has 4 nitrogen and oxygen atoms in total. The Morgan fingerprint density at radius 2 is 0.827 bits per heavy atom. The summed E-state index contributed by atoms with van der Waals surface area (Å²) >= 11 is 0. The van der Waals surface area contributed by atoms with Crippen LogP contribution < -0.4 is 5.32 Å². The molecule has 0 aliphatic carbocycles. The molecule has 0 radical (unpaired) electrons. The van der Waals surface area contributed by atoms with Crippen molar-refractivity contribution in [3.05, 3.63) is 223 Å². The molecule has 268 valence electrons. The van der Waals surface area contributed by atoms with E-state index in [9.17, 15) is 0 Å². The van der Waals surface area contributed by atoms with Crippen molar-refractivity contribution in [1.82, 2.24) is 9.97 Å². The van der Waals surface area contributed by atoms with Gasteiger partial charge in [-0.2, -0.15) is 73.9 Å². The summed E-state index contributed by atoms with van der Waals surface area (Å²) in [7, 11) is 0. The van der Waals surface area contributed by atoms with E-state index in [-0.39, 0.29) is 31.7 Å². The first-order chi connectivity index (χ1) is 24.1. The van der Waals surface area contributed by atoms with Gasteiger partial charge in [0.2, 0.25) is 0 Å². The van der Waals surface area contributed by atoms with Gasteiger partial charge in [0.15, 0.2) is 0 Å². The fourth-order valence-electron chi connectivity index (χ4n) is 4.68. The van der Waals surface area contributed by atoms with Crippen LogP contribution in [0.1, 0.15) is 78.0 Å². The molecular formula is C47H56N4Zr. The minimum absolute atomic E-state index is 0. The number of hydrogen-bond donors (Lipinski definition) is 1. The average Bonchev–Trinajstić information content (AvgIpc) is 3.12. The summed E-state index contributed by atoms with van der Waals surface area (Å²) in [4.78, 5) is 8.55. The molecule has 0 unspecified atom stereocenters. The molecular weight excluding hydrogens is 712 g/mol. The maximum Gasteiger partial charge on any atom is 4.00 e. The molecule has 0 aliphatic heterocycles. The average molecular weight is 768 g/mol. The molecule has 2 aromatic heterocycles. The van der Waals surface area contributed by atoms with E-state index in [1.54, 1.807) is 6.20 Å². The Balaban J connectivity index is 0.000000354. The van der Waals surface area contributed by atoms with Gasteiger partial charge in [-0.3, -0.25) is 9.97 Å². The minimum Gasteiger partial charge on any atom is -0.667 e. The summed E-state index contributed by atoms with van der Waals surface area (Å²) in [6, 6.07) is 43.6. The Hall–Kier alpha value is -4.57. The van der Waals surface area contributed by atoms with Crippen molar-refractivity contribution in [2.24, 2.45) is 0 Å². The summed E-state index contributed by atoms with van der Waals surface area (Å²) < 4.78 is 0. The first-order valence-corrected chi connectivity index (χ1v) is 17.2. The third kappa shape index (κ3) is 17.1. The van der Waals surface area contributed by atoms with Crippen LogP contribution in [0, 0.1) is 48.5 Å². The second kappa shape index (κ2) is 23.1. The summed E-state index contributed by atoms with van der Waals surface area (Å²) in [5.74, 6) is 0. The fourth-order valence-corrected chi connectivity index (χ4v) is 4.68. The zero-order valence-electron chi connectivity index (χ0n) is 32.4. The molecule has 0 bridgehead atoms. The van der Waals surface area contributed by atoms with Gasteiger partial charge in [-0.25, -0.2) is 0 Å². The molecule has 5 heteroatoms. The van der Waals surface area contributed by atoms with Crippen molar-refractivity contribution < 1.29 is 26.2 Å². The second-order valence-corrected chi connectivity index (χ2v) is 13.4. The van der Waals surface area contributed by atoms with E-state index in [0.29, 0.717) is 0 Å². The number of nitrogens with zero attached hydrogens (tertiary/aromatic N) is 2. The number of rotatable bonds is 4. The van der Waals surface area contributed by atoms with Crippen molar-refractivity contribution in [1.29, 1.82) is 0 Å². The van der Waals surface area contributed by atoms with E-state index in [1.807, 2.05) is 141 Å².